The van der Waals surface area contributed by atoms with Gasteiger partial charge in [-0.3, -0.25) is 0 Å². The van der Waals surface area contributed by atoms with Crippen LogP contribution in [0, 0.1) is 6.57 Å². The van der Waals surface area contributed by atoms with Gasteiger partial charge in [-0.15, -0.1) is 0 Å². The third-order valence-corrected chi connectivity index (χ3v) is 4.80. The van der Waals surface area contributed by atoms with Gasteiger partial charge in [0.05, 0.1) is 18.4 Å². The van der Waals surface area contributed by atoms with Crippen molar-refractivity contribution in [3.05, 3.63) is 35.2 Å². The number of rotatable bonds is 1. The minimum Gasteiger partial charge on any atom is -0.485 e. The zero-order chi connectivity index (χ0) is 15.0. The van der Waals surface area contributed by atoms with E-state index in [1.165, 1.54) is 11.8 Å². The van der Waals surface area contributed by atoms with Crippen molar-refractivity contribution >= 4 is 22.7 Å². The van der Waals surface area contributed by atoms with E-state index in [9.17, 15) is 5.11 Å². The Bertz CT molecular complexity index is 636. The number of hydrogen-bond acceptors (Lipinski definition) is 5. The third kappa shape index (κ3) is 2.59. The summed E-state index contributed by atoms with van der Waals surface area (Å²) in [6.45, 7) is 12.1. The molecule has 0 unspecified atom stereocenters. The van der Waals surface area contributed by atoms with Crippen LogP contribution in [0.5, 0.6) is 5.75 Å². The van der Waals surface area contributed by atoms with Crippen LogP contribution in [0.3, 0.4) is 0 Å². The van der Waals surface area contributed by atoms with Crippen molar-refractivity contribution in [1.29, 1.82) is 0 Å². The predicted molar refractivity (Wildman–Crippen MR) is 82.0 cm³/mol. The van der Waals surface area contributed by atoms with Crippen LogP contribution in [0.25, 0.3) is 4.85 Å². The van der Waals surface area contributed by atoms with E-state index in [1.807, 2.05) is 13.8 Å². The number of benzene rings is 1. The minimum atomic E-state index is -0.720. The summed E-state index contributed by atoms with van der Waals surface area (Å²) in [5.74, 6) is 0.703. The fraction of sp³-hybridized carbons (Fsp3) is 0.467. The van der Waals surface area contributed by atoms with Gasteiger partial charge in [-0.25, -0.2) is 9.84 Å². The van der Waals surface area contributed by atoms with Gasteiger partial charge in [0.15, 0.2) is 5.69 Å². The van der Waals surface area contributed by atoms with E-state index in [0.717, 1.165) is 5.56 Å². The zero-order valence-electron chi connectivity index (χ0n) is 11.9. The first-order chi connectivity index (χ1) is 10.0. The van der Waals surface area contributed by atoms with Gasteiger partial charge in [-0.1, -0.05) is 17.8 Å². The average Bonchev–Trinajstić information content (AvgIpc) is 2.96. The van der Waals surface area contributed by atoms with Crippen molar-refractivity contribution in [3.8, 4) is 5.75 Å². The quantitative estimate of drug-likeness (QED) is 0.811. The van der Waals surface area contributed by atoms with E-state index in [0.29, 0.717) is 29.8 Å². The zero-order valence-corrected chi connectivity index (χ0v) is 12.7. The summed E-state index contributed by atoms with van der Waals surface area (Å²) in [6.07, 6.45) is -0.720. The molecule has 1 N–H and O–H groups in total. The molecule has 0 radical (unpaired) electrons. The maximum absolute atomic E-state index is 10.6. The van der Waals surface area contributed by atoms with E-state index in [2.05, 4.69) is 9.84 Å². The first-order valence-corrected chi connectivity index (χ1v) is 7.61. The SMILES string of the molecule is [C-]#[N+]c1ccc2c(c1)[C@@H](SC1=NCCO1)[C@H](O)C(C)(C)O2. The highest BCUT2D eigenvalue weighted by atomic mass is 32.2. The summed E-state index contributed by atoms with van der Waals surface area (Å²) < 4.78 is 11.3. The lowest BCUT2D eigenvalue weighted by atomic mass is 9.90. The number of aliphatic hydroxyl groups excluding tert-OH is 1. The minimum absolute atomic E-state index is 0.262. The second-order valence-electron chi connectivity index (χ2n) is 5.52. The molecule has 0 aliphatic carbocycles. The van der Waals surface area contributed by atoms with Crippen molar-refractivity contribution in [2.24, 2.45) is 4.99 Å². The molecule has 0 spiro atoms. The molecular formula is C15H16N2O3S. The summed E-state index contributed by atoms with van der Waals surface area (Å²) in [7, 11) is 0. The Morgan fingerprint density at radius 2 is 2.29 bits per heavy atom. The van der Waals surface area contributed by atoms with Crippen LogP contribution in [0.15, 0.2) is 23.2 Å². The molecule has 2 atom stereocenters. The number of thioether (sulfide) groups is 1. The smallest absolute Gasteiger partial charge is 0.246 e. The van der Waals surface area contributed by atoms with E-state index in [1.54, 1.807) is 18.2 Å². The van der Waals surface area contributed by atoms with E-state index < -0.39 is 11.7 Å². The Balaban J connectivity index is 2.01. The molecule has 3 rings (SSSR count). The number of ether oxygens (including phenoxy) is 2. The van der Waals surface area contributed by atoms with Gasteiger partial charge in [0.2, 0.25) is 5.23 Å². The monoisotopic (exact) mass is 304 g/mol. The summed E-state index contributed by atoms with van der Waals surface area (Å²) in [4.78, 5) is 7.72. The molecule has 2 heterocycles. The Morgan fingerprint density at radius 3 is 2.95 bits per heavy atom. The molecule has 0 bridgehead atoms. The first-order valence-electron chi connectivity index (χ1n) is 6.73. The van der Waals surface area contributed by atoms with E-state index in [4.69, 9.17) is 16.0 Å². The molecule has 0 amide bonds. The van der Waals surface area contributed by atoms with Crippen molar-refractivity contribution in [1.82, 2.24) is 0 Å². The van der Waals surface area contributed by atoms with Gasteiger partial charge >= 0.3 is 0 Å². The lowest BCUT2D eigenvalue weighted by Gasteiger charge is -2.41. The standard InChI is InChI=1S/C15H16N2O3S/c1-15(2)13(18)12(21-14-17-6-7-19-14)10-8-9(16-3)4-5-11(10)20-15/h4-5,8,12-13,18H,6-7H2,1-2H3/t12-,13+/m1/s1. The van der Waals surface area contributed by atoms with Gasteiger partial charge < -0.3 is 14.6 Å². The predicted octanol–water partition coefficient (Wildman–Crippen LogP) is 2.93. The molecule has 21 heavy (non-hydrogen) atoms. The van der Waals surface area contributed by atoms with Crippen LogP contribution in [0.1, 0.15) is 24.7 Å². The molecule has 1 aromatic rings. The lowest BCUT2D eigenvalue weighted by Crippen LogP contribution is -2.48. The molecule has 2 aliphatic heterocycles. The van der Waals surface area contributed by atoms with Crippen molar-refractivity contribution in [2.75, 3.05) is 13.2 Å². The lowest BCUT2D eigenvalue weighted by molar-refractivity contribution is -0.0428. The highest BCUT2D eigenvalue weighted by Gasteiger charge is 2.44. The van der Waals surface area contributed by atoms with Crippen LogP contribution >= 0.6 is 11.8 Å². The van der Waals surface area contributed by atoms with Crippen molar-refractivity contribution in [3.63, 3.8) is 0 Å². The van der Waals surface area contributed by atoms with Crippen LogP contribution in [-0.4, -0.2) is 35.2 Å². The number of nitrogens with zero attached hydrogens (tertiary/aromatic N) is 2. The third-order valence-electron chi connectivity index (χ3n) is 3.59. The molecule has 0 fully saturated rings. The van der Waals surface area contributed by atoms with Crippen LogP contribution in [-0.2, 0) is 4.74 Å². The molecule has 6 heteroatoms. The molecular weight excluding hydrogens is 288 g/mol. The summed E-state index contributed by atoms with van der Waals surface area (Å²) in [5.41, 5.74) is 0.645. The number of fused-ring (bicyclic) bond motifs is 1. The maximum atomic E-state index is 10.6. The number of hydrogen-bond donors (Lipinski definition) is 1. The average molecular weight is 304 g/mol. The fourth-order valence-corrected chi connectivity index (χ4v) is 3.72. The molecule has 0 saturated carbocycles. The van der Waals surface area contributed by atoms with Crippen LogP contribution < -0.4 is 4.74 Å². The normalized spacial score (nSPS) is 26.1. The molecule has 5 nitrogen and oxygen atoms in total. The molecule has 2 aliphatic rings. The summed E-state index contributed by atoms with van der Waals surface area (Å²) in [5, 5.41) is 11.0. The van der Waals surface area contributed by atoms with Gasteiger partial charge in [-0.05, 0) is 26.0 Å². The Labute approximate surface area is 127 Å². The molecule has 0 saturated heterocycles. The van der Waals surface area contributed by atoms with Crippen molar-refractivity contribution < 1.29 is 14.6 Å². The second-order valence-corrected chi connectivity index (χ2v) is 6.61. The Morgan fingerprint density at radius 1 is 1.48 bits per heavy atom. The van der Waals surface area contributed by atoms with Crippen LogP contribution in [0.2, 0.25) is 0 Å². The Hall–Kier alpha value is -1.71. The van der Waals surface area contributed by atoms with Gasteiger partial charge in [0.25, 0.3) is 0 Å². The van der Waals surface area contributed by atoms with Crippen molar-refractivity contribution in [2.45, 2.75) is 30.8 Å². The van der Waals surface area contributed by atoms with Gasteiger partial charge in [-0.2, -0.15) is 0 Å². The maximum Gasteiger partial charge on any atom is 0.246 e. The molecule has 0 aromatic heterocycles. The van der Waals surface area contributed by atoms with Crippen LogP contribution in [0.4, 0.5) is 5.69 Å². The Kier molecular flexibility index (Phi) is 3.56. The highest BCUT2D eigenvalue weighted by Crippen LogP contribution is 2.48. The molecule has 1 aromatic carbocycles. The summed E-state index contributed by atoms with van der Waals surface area (Å²) >= 11 is 1.40. The van der Waals surface area contributed by atoms with Gasteiger partial charge in [0, 0.05) is 5.56 Å². The number of aliphatic hydroxyl groups is 1. The fourth-order valence-electron chi connectivity index (χ4n) is 2.42. The second kappa shape index (κ2) is 5.24. The highest BCUT2D eigenvalue weighted by molar-refractivity contribution is 8.13. The summed E-state index contributed by atoms with van der Waals surface area (Å²) in [6, 6.07) is 5.29. The first kappa shape index (κ1) is 14.2. The topological polar surface area (TPSA) is 55.4 Å². The van der Waals surface area contributed by atoms with E-state index >= 15 is 0 Å². The largest absolute Gasteiger partial charge is 0.485 e. The molecule has 110 valence electrons. The van der Waals surface area contributed by atoms with Gasteiger partial charge in [0.1, 0.15) is 24.1 Å². The van der Waals surface area contributed by atoms with E-state index in [-0.39, 0.29) is 5.25 Å². The number of aliphatic imine (C=N–C) groups is 1.